The number of hydrogen-bond donors (Lipinski definition) is 1. The largest absolute Gasteiger partial charge is 0.458 e. The minimum atomic E-state index is -0.632. The molecule has 2 aliphatic rings. The van der Waals surface area contributed by atoms with E-state index >= 15 is 0 Å². The van der Waals surface area contributed by atoms with E-state index in [0.717, 1.165) is 11.1 Å². The van der Waals surface area contributed by atoms with Gasteiger partial charge in [-0.3, -0.25) is 0 Å². The Morgan fingerprint density at radius 1 is 1.44 bits per heavy atom. The van der Waals surface area contributed by atoms with Crippen molar-refractivity contribution in [2.24, 2.45) is 5.92 Å². The van der Waals surface area contributed by atoms with Gasteiger partial charge in [-0.05, 0) is 45.8 Å². The third-order valence-electron chi connectivity index (χ3n) is 4.84. The van der Waals surface area contributed by atoms with Gasteiger partial charge in [-0.15, -0.1) is 0 Å². The van der Waals surface area contributed by atoms with Crippen LogP contribution in [-0.2, 0) is 19.1 Å². The number of hydrogen-bond acceptors (Lipinski definition) is 5. The number of allylic oxidation sites excluding steroid dienone is 1. The fourth-order valence-electron chi connectivity index (χ4n) is 3.04. The minimum absolute atomic E-state index is 0.299. The molecule has 0 radical (unpaired) electrons. The Balaban J connectivity index is 2.42. The molecule has 0 aromatic heterocycles. The number of aliphatic hydroxyl groups excluding tert-OH is 1. The summed E-state index contributed by atoms with van der Waals surface area (Å²) < 4.78 is 11.1. The summed E-state index contributed by atoms with van der Waals surface area (Å²) >= 11 is 0. The average Bonchev–Trinajstić information content (AvgIpc) is 2.84. The van der Waals surface area contributed by atoms with Crippen LogP contribution in [0.2, 0.25) is 0 Å². The van der Waals surface area contributed by atoms with Crippen molar-refractivity contribution in [1.29, 1.82) is 0 Å². The van der Waals surface area contributed by atoms with Crippen molar-refractivity contribution in [2.75, 3.05) is 0 Å². The zero-order valence-electron chi connectivity index (χ0n) is 15.2. The molecule has 1 aliphatic carbocycles. The van der Waals surface area contributed by atoms with E-state index in [2.05, 4.69) is 6.58 Å². The van der Waals surface area contributed by atoms with Crippen LogP contribution in [0.15, 0.2) is 47.1 Å². The summed E-state index contributed by atoms with van der Waals surface area (Å²) in [4.78, 5) is 24.3. The van der Waals surface area contributed by atoms with Gasteiger partial charge in [-0.25, -0.2) is 9.59 Å². The summed E-state index contributed by atoms with van der Waals surface area (Å²) in [7, 11) is 0. The highest BCUT2D eigenvalue weighted by molar-refractivity contribution is 5.92. The van der Waals surface area contributed by atoms with E-state index in [1.165, 1.54) is 0 Å². The van der Waals surface area contributed by atoms with Crippen LogP contribution in [0.4, 0.5) is 0 Å². The Bertz CT molecular complexity index is 668. The molecule has 5 heteroatoms. The molecule has 1 heterocycles. The molecule has 0 bridgehead atoms. The zero-order valence-corrected chi connectivity index (χ0v) is 15.2. The quantitative estimate of drug-likeness (QED) is 0.473. The van der Waals surface area contributed by atoms with Gasteiger partial charge in [0, 0.05) is 17.6 Å². The number of aliphatic hydroxyl groups is 1. The first-order valence-corrected chi connectivity index (χ1v) is 8.50. The van der Waals surface area contributed by atoms with E-state index < -0.39 is 36.2 Å². The van der Waals surface area contributed by atoms with Gasteiger partial charge in [0.15, 0.2) is 0 Å². The van der Waals surface area contributed by atoms with Crippen LogP contribution in [-0.4, -0.2) is 35.4 Å². The number of rotatable bonds is 2. The van der Waals surface area contributed by atoms with Gasteiger partial charge in [-0.1, -0.05) is 24.3 Å². The summed E-state index contributed by atoms with van der Waals surface area (Å²) in [5.41, 5.74) is 2.51. The molecule has 2 rings (SSSR count). The molecule has 1 aliphatic heterocycles. The first-order chi connectivity index (χ1) is 11.7. The fraction of sp³-hybridized carbons (Fsp3) is 0.500. The second kappa shape index (κ2) is 7.83. The van der Waals surface area contributed by atoms with E-state index in [1.54, 1.807) is 32.9 Å². The Labute approximate surface area is 148 Å². The zero-order chi connectivity index (χ0) is 18.7. The maximum absolute atomic E-state index is 12.3. The predicted octanol–water partition coefficient (Wildman–Crippen LogP) is 3.01. The van der Waals surface area contributed by atoms with Crippen molar-refractivity contribution in [1.82, 2.24) is 0 Å². The number of ether oxygens (including phenoxy) is 2. The van der Waals surface area contributed by atoms with E-state index in [1.807, 2.05) is 13.0 Å². The minimum Gasteiger partial charge on any atom is -0.458 e. The van der Waals surface area contributed by atoms with Crippen molar-refractivity contribution in [3.8, 4) is 0 Å². The molecular weight excluding hydrogens is 320 g/mol. The average molecular weight is 346 g/mol. The van der Waals surface area contributed by atoms with Gasteiger partial charge >= 0.3 is 11.9 Å². The van der Waals surface area contributed by atoms with Crippen molar-refractivity contribution >= 4 is 11.9 Å². The summed E-state index contributed by atoms with van der Waals surface area (Å²) in [6.07, 6.45) is 4.51. The molecule has 1 N–H and O–H groups in total. The lowest BCUT2D eigenvalue weighted by atomic mass is 9.85. The van der Waals surface area contributed by atoms with Crippen LogP contribution in [0.25, 0.3) is 0 Å². The monoisotopic (exact) mass is 346 g/mol. The van der Waals surface area contributed by atoms with E-state index in [4.69, 9.17) is 9.47 Å². The molecule has 0 aromatic carbocycles. The Morgan fingerprint density at radius 3 is 2.76 bits per heavy atom. The van der Waals surface area contributed by atoms with Crippen LogP contribution in [0.3, 0.4) is 0 Å². The van der Waals surface area contributed by atoms with Crippen molar-refractivity contribution in [3.05, 3.63) is 47.1 Å². The molecule has 0 amide bonds. The third-order valence-corrected chi connectivity index (χ3v) is 4.84. The van der Waals surface area contributed by atoms with Crippen molar-refractivity contribution in [2.45, 2.75) is 58.8 Å². The predicted molar refractivity (Wildman–Crippen MR) is 94.6 cm³/mol. The maximum atomic E-state index is 12.3. The summed E-state index contributed by atoms with van der Waals surface area (Å²) in [5, 5.41) is 10.2. The van der Waals surface area contributed by atoms with E-state index in [0.29, 0.717) is 24.0 Å². The Morgan fingerprint density at radius 2 is 2.12 bits per heavy atom. The lowest BCUT2D eigenvalue weighted by Gasteiger charge is -2.28. The van der Waals surface area contributed by atoms with E-state index in [-0.39, 0.29) is 0 Å². The van der Waals surface area contributed by atoms with Crippen LogP contribution in [0.5, 0.6) is 0 Å². The molecule has 0 unspecified atom stereocenters. The van der Waals surface area contributed by atoms with Gasteiger partial charge in [0.05, 0.1) is 12.0 Å². The highest BCUT2D eigenvalue weighted by Gasteiger charge is 2.44. The van der Waals surface area contributed by atoms with Crippen molar-refractivity contribution in [3.63, 3.8) is 0 Å². The summed E-state index contributed by atoms with van der Waals surface area (Å²) in [6.45, 7) is 11.0. The number of carbonyl (C=O) groups excluding carboxylic acids is 2. The first kappa shape index (κ1) is 19.2. The van der Waals surface area contributed by atoms with Gasteiger partial charge in [-0.2, -0.15) is 0 Å². The molecule has 0 spiro atoms. The highest BCUT2D eigenvalue weighted by Crippen LogP contribution is 2.36. The van der Waals surface area contributed by atoms with Crippen LogP contribution in [0, 0.1) is 5.92 Å². The molecule has 5 nitrogen and oxygen atoms in total. The third kappa shape index (κ3) is 4.28. The number of carbonyl (C=O) groups is 2. The van der Waals surface area contributed by atoms with Crippen molar-refractivity contribution < 1.29 is 24.2 Å². The van der Waals surface area contributed by atoms with Gasteiger partial charge in [0.1, 0.15) is 12.2 Å². The smallest absolute Gasteiger partial charge is 0.334 e. The SMILES string of the molecule is C=C1C(=O)O[C@H]2/C=C(\C)[C@H](O)C/C=C(\C)C[C@@H](OC(=O)/C(C)=C/C)[C@@H]12. The number of esters is 2. The van der Waals surface area contributed by atoms with Gasteiger partial charge in [0.25, 0.3) is 0 Å². The van der Waals surface area contributed by atoms with Gasteiger partial charge in [0.2, 0.25) is 0 Å². The fourth-order valence-corrected chi connectivity index (χ4v) is 3.04. The molecule has 0 saturated carbocycles. The topological polar surface area (TPSA) is 72.8 Å². The Kier molecular flexibility index (Phi) is 6.01. The molecule has 4 atom stereocenters. The van der Waals surface area contributed by atoms with Crippen LogP contribution < -0.4 is 0 Å². The molecule has 1 saturated heterocycles. The molecular formula is C20H26O5. The standard InChI is InChI=1S/C20H26O5/c1-6-12(3)19(22)24-16-9-11(2)7-8-15(21)13(4)10-17-18(16)14(5)20(23)25-17/h6-7,10,15-18,21H,5,8-9H2,1-4H3/b11-7+,12-6+,13-10+/t15-,16-,17+,18-/m1/s1. The van der Waals surface area contributed by atoms with Gasteiger partial charge < -0.3 is 14.6 Å². The molecule has 0 aromatic rings. The summed E-state index contributed by atoms with van der Waals surface area (Å²) in [5.74, 6) is -1.37. The molecule has 136 valence electrons. The van der Waals surface area contributed by atoms with Crippen LogP contribution >= 0.6 is 0 Å². The molecule has 1 fully saturated rings. The second-order valence-corrected chi connectivity index (χ2v) is 6.75. The number of fused-ring (bicyclic) bond motifs is 1. The highest BCUT2D eigenvalue weighted by atomic mass is 16.6. The van der Waals surface area contributed by atoms with Crippen LogP contribution in [0.1, 0.15) is 40.5 Å². The maximum Gasteiger partial charge on any atom is 0.334 e. The normalized spacial score (nSPS) is 35.0. The van der Waals surface area contributed by atoms with E-state index in [9.17, 15) is 14.7 Å². The lowest BCUT2D eigenvalue weighted by molar-refractivity contribution is -0.147. The molecule has 25 heavy (non-hydrogen) atoms. The second-order valence-electron chi connectivity index (χ2n) is 6.75. The summed E-state index contributed by atoms with van der Waals surface area (Å²) in [6, 6.07) is 0. The Hall–Kier alpha value is -2.14. The lowest BCUT2D eigenvalue weighted by Crippen LogP contribution is -2.34. The first-order valence-electron chi connectivity index (χ1n) is 8.50.